The monoisotopic (exact) mass is 482 g/mol. The fraction of sp³-hybridized carbons (Fsp3) is 0.200. The van der Waals surface area contributed by atoms with E-state index >= 15 is 0 Å². The smallest absolute Gasteiger partial charge is 0.343 e. The number of esters is 2. The van der Waals surface area contributed by atoms with E-state index in [-0.39, 0.29) is 6.10 Å². The number of ether oxygens (including phenoxy) is 3. The Kier molecular flexibility index (Phi) is 7.84. The predicted molar refractivity (Wildman–Crippen MR) is 122 cm³/mol. The van der Waals surface area contributed by atoms with Gasteiger partial charge in [-0.3, -0.25) is 0 Å². The van der Waals surface area contributed by atoms with Gasteiger partial charge in [-0.2, -0.15) is 0 Å². The third kappa shape index (κ3) is 6.69. The third-order valence-electron chi connectivity index (χ3n) is 4.30. The summed E-state index contributed by atoms with van der Waals surface area (Å²) < 4.78 is 17.0. The van der Waals surface area contributed by atoms with Crippen molar-refractivity contribution in [2.75, 3.05) is 6.61 Å². The van der Waals surface area contributed by atoms with Gasteiger partial charge in [0.2, 0.25) is 0 Å². The summed E-state index contributed by atoms with van der Waals surface area (Å²) in [6, 6.07) is 21.4. The third-order valence-corrected chi connectivity index (χ3v) is 4.92. The zero-order chi connectivity index (χ0) is 22.2. The van der Waals surface area contributed by atoms with Crippen LogP contribution >= 0.6 is 15.9 Å². The molecule has 0 spiro atoms. The summed E-state index contributed by atoms with van der Waals surface area (Å²) in [7, 11) is 0. The zero-order valence-electron chi connectivity index (χ0n) is 17.3. The molecular weight excluding hydrogens is 460 g/mol. The molecule has 0 aliphatic rings. The minimum Gasteiger partial charge on any atom is -0.492 e. The average Bonchev–Trinajstić information content (AvgIpc) is 2.75. The molecule has 3 aromatic rings. The van der Waals surface area contributed by atoms with Crippen molar-refractivity contribution in [3.8, 4) is 11.5 Å². The van der Waals surface area contributed by atoms with Crippen molar-refractivity contribution in [1.82, 2.24) is 0 Å². The average molecular weight is 483 g/mol. The molecule has 0 aliphatic heterocycles. The number of rotatable bonds is 8. The van der Waals surface area contributed by atoms with Gasteiger partial charge < -0.3 is 14.2 Å². The van der Waals surface area contributed by atoms with Gasteiger partial charge in [-0.1, -0.05) is 30.3 Å². The van der Waals surface area contributed by atoms with Crippen LogP contribution in [-0.2, 0) is 11.2 Å². The number of carbonyl (C=O) groups is 2. The van der Waals surface area contributed by atoms with Crippen molar-refractivity contribution >= 4 is 27.9 Å². The van der Waals surface area contributed by atoms with Gasteiger partial charge in [0.15, 0.2) is 0 Å². The van der Waals surface area contributed by atoms with E-state index in [4.69, 9.17) is 14.2 Å². The van der Waals surface area contributed by atoms with E-state index in [9.17, 15) is 9.59 Å². The highest BCUT2D eigenvalue weighted by atomic mass is 79.9. The first-order chi connectivity index (χ1) is 14.9. The molecule has 0 unspecified atom stereocenters. The summed E-state index contributed by atoms with van der Waals surface area (Å²) in [6.07, 6.45) is 0.589. The lowest BCUT2D eigenvalue weighted by atomic mass is 10.2. The highest BCUT2D eigenvalue weighted by Crippen LogP contribution is 2.27. The van der Waals surface area contributed by atoms with E-state index < -0.39 is 11.9 Å². The van der Waals surface area contributed by atoms with Crippen LogP contribution in [0.2, 0.25) is 0 Å². The van der Waals surface area contributed by atoms with Crippen LogP contribution in [-0.4, -0.2) is 24.6 Å². The van der Waals surface area contributed by atoms with Crippen molar-refractivity contribution in [2.45, 2.75) is 26.4 Å². The Balaban J connectivity index is 1.56. The molecule has 0 fully saturated rings. The van der Waals surface area contributed by atoms with Crippen LogP contribution in [0, 0.1) is 0 Å². The van der Waals surface area contributed by atoms with Crippen LogP contribution < -0.4 is 9.47 Å². The summed E-state index contributed by atoms with van der Waals surface area (Å²) in [4.78, 5) is 24.4. The highest BCUT2D eigenvalue weighted by molar-refractivity contribution is 9.10. The Morgan fingerprint density at radius 2 is 1.55 bits per heavy atom. The second-order valence-corrected chi connectivity index (χ2v) is 7.95. The van der Waals surface area contributed by atoms with E-state index in [2.05, 4.69) is 28.1 Å². The van der Waals surface area contributed by atoms with E-state index in [1.165, 1.54) is 5.56 Å². The highest BCUT2D eigenvalue weighted by Gasteiger charge is 2.13. The number of halogens is 1. The Labute approximate surface area is 190 Å². The molecule has 0 bridgehead atoms. The Morgan fingerprint density at radius 3 is 2.19 bits per heavy atom. The SMILES string of the molecule is CC(C)OC(=O)c1ccc(OC(=O)c2ccc(OCCc3ccccc3)c(Br)c2)cc1. The van der Waals surface area contributed by atoms with Crippen LogP contribution in [0.5, 0.6) is 11.5 Å². The van der Waals surface area contributed by atoms with Crippen molar-refractivity contribution in [2.24, 2.45) is 0 Å². The predicted octanol–water partition coefficient (Wildman–Crippen LogP) is 5.86. The molecule has 160 valence electrons. The lowest BCUT2D eigenvalue weighted by molar-refractivity contribution is 0.0378. The van der Waals surface area contributed by atoms with Gasteiger partial charge in [0.05, 0.1) is 28.3 Å². The van der Waals surface area contributed by atoms with Crippen molar-refractivity contribution in [3.63, 3.8) is 0 Å². The number of benzene rings is 3. The number of hydrogen-bond donors (Lipinski definition) is 0. The van der Waals surface area contributed by atoms with E-state index in [0.29, 0.717) is 33.7 Å². The van der Waals surface area contributed by atoms with E-state index in [1.54, 1.807) is 56.3 Å². The second-order valence-electron chi connectivity index (χ2n) is 7.10. The van der Waals surface area contributed by atoms with Gasteiger partial charge in [0.1, 0.15) is 11.5 Å². The van der Waals surface area contributed by atoms with Gasteiger partial charge >= 0.3 is 11.9 Å². The quantitative estimate of drug-likeness (QED) is 0.297. The van der Waals surface area contributed by atoms with E-state index in [0.717, 1.165) is 6.42 Å². The topological polar surface area (TPSA) is 61.8 Å². The molecule has 3 aromatic carbocycles. The molecule has 0 aliphatic carbocycles. The molecule has 0 heterocycles. The van der Waals surface area contributed by atoms with Crippen molar-refractivity contribution in [1.29, 1.82) is 0 Å². The fourth-order valence-corrected chi connectivity index (χ4v) is 3.27. The van der Waals surface area contributed by atoms with Crippen LogP contribution in [0.1, 0.15) is 40.1 Å². The lowest BCUT2D eigenvalue weighted by Gasteiger charge is -2.10. The van der Waals surface area contributed by atoms with Gasteiger partial charge in [-0.05, 0) is 77.8 Å². The maximum Gasteiger partial charge on any atom is 0.343 e. The normalized spacial score (nSPS) is 10.6. The first-order valence-corrected chi connectivity index (χ1v) is 10.7. The maximum absolute atomic E-state index is 12.5. The van der Waals surface area contributed by atoms with E-state index in [1.807, 2.05) is 18.2 Å². The first kappa shape index (κ1) is 22.6. The summed E-state index contributed by atoms with van der Waals surface area (Å²) in [6.45, 7) is 4.09. The maximum atomic E-state index is 12.5. The Morgan fingerprint density at radius 1 is 0.871 bits per heavy atom. The minimum absolute atomic E-state index is 0.200. The standard InChI is InChI=1S/C25H23BrO5/c1-17(2)30-24(27)19-8-11-21(12-9-19)31-25(28)20-10-13-23(22(26)16-20)29-15-14-18-6-4-3-5-7-18/h3-13,16-17H,14-15H2,1-2H3. The van der Waals surface area contributed by atoms with Crippen LogP contribution in [0.25, 0.3) is 0 Å². The Bertz CT molecular complexity index is 1030. The molecule has 0 atom stereocenters. The first-order valence-electron chi connectivity index (χ1n) is 9.92. The van der Waals surface area contributed by atoms with Gasteiger partial charge in [0, 0.05) is 6.42 Å². The number of carbonyl (C=O) groups excluding carboxylic acids is 2. The van der Waals surface area contributed by atoms with Gasteiger partial charge in [-0.15, -0.1) is 0 Å². The molecule has 31 heavy (non-hydrogen) atoms. The molecule has 0 saturated carbocycles. The summed E-state index contributed by atoms with van der Waals surface area (Å²) >= 11 is 3.45. The lowest BCUT2D eigenvalue weighted by Crippen LogP contribution is -2.12. The molecule has 0 amide bonds. The fourth-order valence-electron chi connectivity index (χ4n) is 2.78. The summed E-state index contributed by atoms with van der Waals surface area (Å²) in [5.41, 5.74) is 1.97. The van der Waals surface area contributed by atoms with Crippen LogP contribution in [0.4, 0.5) is 0 Å². The van der Waals surface area contributed by atoms with Gasteiger partial charge in [0.25, 0.3) is 0 Å². The molecule has 6 heteroatoms. The zero-order valence-corrected chi connectivity index (χ0v) is 18.9. The molecule has 0 saturated heterocycles. The van der Waals surface area contributed by atoms with Gasteiger partial charge in [-0.25, -0.2) is 9.59 Å². The van der Waals surface area contributed by atoms with Crippen molar-refractivity contribution < 1.29 is 23.8 Å². The summed E-state index contributed by atoms with van der Waals surface area (Å²) in [5, 5.41) is 0. The molecule has 5 nitrogen and oxygen atoms in total. The largest absolute Gasteiger partial charge is 0.492 e. The van der Waals surface area contributed by atoms with Crippen LogP contribution in [0.3, 0.4) is 0 Å². The van der Waals surface area contributed by atoms with Crippen molar-refractivity contribution in [3.05, 3.63) is 94.0 Å². The molecular formula is C25H23BrO5. The second kappa shape index (κ2) is 10.8. The summed E-state index contributed by atoms with van der Waals surface area (Å²) in [5.74, 6) is 0.0691. The molecule has 3 rings (SSSR count). The minimum atomic E-state index is -0.506. The van der Waals surface area contributed by atoms with Crippen LogP contribution in [0.15, 0.2) is 77.3 Å². The number of hydrogen-bond acceptors (Lipinski definition) is 5. The molecule has 0 radical (unpaired) electrons. The molecule has 0 aromatic heterocycles. The Hall–Kier alpha value is -3.12. The molecule has 0 N–H and O–H groups in total.